The van der Waals surface area contributed by atoms with Gasteiger partial charge >= 0.3 is 108 Å². The normalized spacial score (nSPS) is 15.3. The van der Waals surface area contributed by atoms with Crippen LogP contribution in [0, 0.1) is 39.0 Å². The number of Topliss-reactive ketones (excluding diaryl/α,β-unsaturated/α-hetero) is 2. The number of unbranched alkanes of at least 4 members (excludes halogenated alkanes) is 3. The van der Waals surface area contributed by atoms with E-state index in [0.29, 0.717) is 67.5 Å². The number of benzene rings is 6. The molecule has 0 amide bonds. The molecule has 4 heterocycles. The summed E-state index contributed by atoms with van der Waals surface area (Å²) in [5, 5.41) is 30.6. The molecule has 7 N–H and O–H groups in total. The monoisotopic (exact) mass is 2560 g/mol. The zero-order valence-corrected chi connectivity index (χ0v) is 98.1. The van der Waals surface area contributed by atoms with E-state index in [4.69, 9.17) is 40.5 Å². The second-order valence-corrected chi connectivity index (χ2v) is 59.1. The minimum atomic E-state index is -2.54. The fourth-order valence-electron chi connectivity index (χ4n) is 14.7. The Morgan fingerprint density at radius 2 is 0.728 bits per heavy atom. The summed E-state index contributed by atoms with van der Waals surface area (Å²) in [5.41, 5.74) is 25.8. The van der Waals surface area contributed by atoms with Crippen molar-refractivity contribution in [3.05, 3.63) is 224 Å². The van der Waals surface area contributed by atoms with Crippen LogP contribution in [0.1, 0.15) is 240 Å². The molecule has 4 aliphatic carbocycles. The standard InChI is InChI=1S/C19H22F2N2S.C18H20F2N2OS.C16H17BrF2N2S.C10H7Br2NS.C7H5Br2NS.C7H3Br2N.C6H11F2N.3C4H9.C3H5ClO.C3H5.ClH.Sn/c1-12(2)14-8-15(18-22-13(3)11-24-18)10-17(9-14)23-16-4-6-19(20,21)7-5-16;1-11-10-24-17(21-11)14-7-13(12(2)23)8-16(9-14)22-15-3-5-18(19,20)6-4-15;1-10-9-22-15(20-10)11-6-12(17)8-14(7-11)21-13-2-4-16(18,19)5-3-13;1-6-5-14-10(13-6)7-2-8(11)4-9(12)3-7;8-5-1-4(7(10)11)2-6(9)3-5;8-6-1-5(4-10)2-7(9)3-6;7-6(8)3-1-5(9)2-4-6;3*1-3-4-2;1-3(5)2-4;1-3-2;;/h8-11,16,23H,1,4-7H2,2-3H3;7-10,15,22H,3-6H2,1-2H3;6-9,13,21H,2-5H2,1H3;2-5H,1H3;1-3H,(H2,10,11);1-3H;5H,1-4,9H2;3*1,3-4H2,2H3;2H2,1H3;1H2,2H3;1H;. The van der Waals surface area contributed by atoms with Gasteiger partial charge in [0.2, 0.25) is 23.7 Å². The van der Waals surface area contributed by atoms with Crippen LogP contribution >= 0.6 is 193 Å². The molecule has 742 valence electrons. The first-order chi connectivity index (χ1) is 63.5. The van der Waals surface area contributed by atoms with Gasteiger partial charge in [0.1, 0.15) is 30.8 Å². The van der Waals surface area contributed by atoms with E-state index >= 15 is 0 Å². The van der Waals surface area contributed by atoms with Crippen LogP contribution in [0.3, 0.4) is 0 Å². The molecule has 0 radical (unpaired) electrons. The Balaban J connectivity index is 0.000000278. The predicted molar refractivity (Wildman–Crippen MR) is 593 cm³/mol. The van der Waals surface area contributed by atoms with Crippen LogP contribution in [0.2, 0.25) is 13.3 Å². The number of carbonyl (C=O) groups is 2. The van der Waals surface area contributed by atoms with Crippen LogP contribution in [0.25, 0.3) is 47.9 Å². The Labute approximate surface area is 894 Å². The average Bonchev–Trinajstić information content (AvgIpc) is 1.53. The quantitative estimate of drug-likeness (QED) is 0.0126. The van der Waals surface area contributed by atoms with Crippen molar-refractivity contribution in [3.63, 3.8) is 0 Å². The number of nitrogens with one attached hydrogen (secondary N) is 3. The molecule has 6 aromatic carbocycles. The number of nitrogens with zero attached hydrogens (tertiary/aromatic N) is 5. The van der Waals surface area contributed by atoms with Crippen LogP contribution in [-0.2, 0) is 4.79 Å². The number of rotatable bonds is 24. The number of hydrogen-bond acceptors (Lipinski definition) is 16. The number of ketones is 2. The number of halogens is 17. The smallest absolute Gasteiger partial charge is 0.248 e. The SMILES string of the molecule is C=C(C)c1cc(NC2CCC(F)(F)CC2)cc(-c2nc(C)cs2)c1.C=[C](C)[Sn]([CH2]CCC)([CH2]CCC)[CH2]CCC.CC(=O)CCl.CC(=O)c1cc(NC2CCC(F)(F)CC2)cc(-c2nc(C)cs2)c1.Cc1csc(-c2cc(Br)cc(Br)c2)n1.Cc1csc(-c2cc(Br)cc(NC3CCC(F)(F)CC3)c2)n1.Cl.N#Cc1cc(Br)cc(Br)c1.NC(=S)c1cc(Br)cc(Br)c1.NC1CCC(F)(F)CC1. The first-order valence-corrected chi connectivity index (χ1v) is 62.4. The van der Waals surface area contributed by atoms with Gasteiger partial charge < -0.3 is 27.4 Å². The van der Waals surface area contributed by atoms with Crippen molar-refractivity contribution in [2.75, 3.05) is 21.8 Å². The Kier molecular flexibility index (Phi) is 54.2. The average molecular weight is 2570 g/mol. The molecule has 10 aromatic rings. The van der Waals surface area contributed by atoms with E-state index in [1.165, 1.54) is 63.7 Å². The summed E-state index contributed by atoms with van der Waals surface area (Å²) < 4.78 is 118. The first-order valence-electron chi connectivity index (χ1n) is 44.9. The molecular formula is C101H123Br7Cl2F8N10O2S5Sn. The zero-order chi connectivity index (χ0) is 100. The third-order valence-corrected chi connectivity index (χ3v) is 46.5. The Bertz CT molecular complexity index is 5300. The molecule has 14 rings (SSSR count). The second-order valence-electron chi connectivity index (χ2n) is 34.5. The summed E-state index contributed by atoms with van der Waals surface area (Å²) in [6.07, 6.45) is 11.9. The van der Waals surface area contributed by atoms with Crippen molar-refractivity contribution in [3.8, 4) is 48.4 Å². The number of nitriles is 1. The van der Waals surface area contributed by atoms with Gasteiger partial charge in [-0.25, -0.2) is 55.1 Å². The van der Waals surface area contributed by atoms with Gasteiger partial charge in [-0.15, -0.1) is 69.4 Å². The third kappa shape index (κ3) is 45.7. The number of allylic oxidation sites excluding steroid dienone is 2. The van der Waals surface area contributed by atoms with Crippen molar-refractivity contribution in [2.24, 2.45) is 11.5 Å². The van der Waals surface area contributed by atoms with Crippen LogP contribution in [0.4, 0.5) is 52.2 Å². The number of anilines is 3. The minimum absolute atomic E-state index is 0. The van der Waals surface area contributed by atoms with Crippen molar-refractivity contribution in [1.29, 1.82) is 5.26 Å². The van der Waals surface area contributed by atoms with Gasteiger partial charge in [0, 0.05) is 202 Å². The molecule has 0 unspecified atom stereocenters. The number of hydrogen-bond donors (Lipinski definition) is 5. The number of aryl methyl sites for hydroxylation is 4. The van der Waals surface area contributed by atoms with E-state index in [2.05, 4.69) is 218 Å². The minimum Gasteiger partial charge on any atom is -0.389 e. The summed E-state index contributed by atoms with van der Waals surface area (Å²) in [5.74, 6) is -9.81. The molecular weight excluding hydrogens is 2450 g/mol. The largest absolute Gasteiger partial charge is 0.389 e. The molecule has 0 atom stereocenters. The second kappa shape index (κ2) is 60.4. The van der Waals surface area contributed by atoms with E-state index in [0.717, 1.165) is 130 Å². The predicted octanol–water partition coefficient (Wildman–Crippen LogP) is 36.6. The Hall–Kier alpha value is -4.42. The molecule has 0 saturated heterocycles. The topological polar surface area (TPSA) is 198 Å². The number of carbonyl (C=O) groups excluding carboxylic acids is 2. The Morgan fingerprint density at radius 3 is 0.993 bits per heavy atom. The summed E-state index contributed by atoms with van der Waals surface area (Å²) >= 11 is 37.9. The molecule has 0 spiro atoms. The molecule has 4 aliphatic rings. The summed E-state index contributed by atoms with van der Waals surface area (Å²) in [6, 6.07) is 37.4. The van der Waals surface area contributed by atoms with Gasteiger partial charge in [-0.1, -0.05) is 136 Å². The van der Waals surface area contributed by atoms with Gasteiger partial charge in [0.05, 0.1) is 17.5 Å². The van der Waals surface area contributed by atoms with E-state index in [1.807, 2.05) is 124 Å². The molecule has 4 aromatic heterocycles. The first kappa shape index (κ1) is 122. The zero-order valence-electron chi connectivity index (χ0n) is 78.5. The fraction of sp³-hybridized carbons (Fsp3) is 0.446. The third-order valence-electron chi connectivity index (χ3n) is 22.3. The maximum atomic E-state index is 13.3. The Morgan fingerprint density at radius 1 is 0.456 bits per heavy atom. The van der Waals surface area contributed by atoms with Crippen molar-refractivity contribution in [2.45, 2.75) is 279 Å². The van der Waals surface area contributed by atoms with Gasteiger partial charge in [-0.3, -0.25) is 9.59 Å². The van der Waals surface area contributed by atoms with Crippen LogP contribution in [0.5, 0.6) is 0 Å². The van der Waals surface area contributed by atoms with E-state index < -0.39 is 42.1 Å². The molecule has 4 fully saturated rings. The van der Waals surface area contributed by atoms with E-state index in [9.17, 15) is 44.7 Å². The van der Waals surface area contributed by atoms with Crippen LogP contribution in [-0.4, -0.2) is 109 Å². The van der Waals surface area contributed by atoms with E-state index in [1.54, 1.807) is 69.1 Å². The van der Waals surface area contributed by atoms with Gasteiger partial charge in [-0.05, 0) is 215 Å². The van der Waals surface area contributed by atoms with Gasteiger partial charge in [0.15, 0.2) is 5.78 Å². The molecule has 4 saturated carbocycles. The maximum absolute atomic E-state index is 13.3. The fourth-order valence-corrected chi connectivity index (χ4v) is 37.0. The number of aromatic nitrogens is 4. The summed E-state index contributed by atoms with van der Waals surface area (Å²) in [6.45, 7) is 30.6. The molecule has 136 heavy (non-hydrogen) atoms. The maximum Gasteiger partial charge on any atom is 0.248 e. The number of nitrogens with two attached hydrogens (primary N) is 2. The van der Waals surface area contributed by atoms with Crippen molar-refractivity contribution in [1.82, 2.24) is 19.9 Å². The van der Waals surface area contributed by atoms with Crippen LogP contribution in [0.15, 0.2) is 179 Å². The summed E-state index contributed by atoms with van der Waals surface area (Å²) in [7, 11) is 0. The van der Waals surface area contributed by atoms with Gasteiger partial charge in [0.25, 0.3) is 0 Å². The van der Waals surface area contributed by atoms with Gasteiger partial charge in [-0.2, -0.15) is 5.26 Å². The number of thiocarbonyl (C=S) groups is 1. The molecule has 35 heteroatoms. The molecule has 12 nitrogen and oxygen atoms in total. The van der Waals surface area contributed by atoms with Crippen molar-refractivity contribution < 1.29 is 44.7 Å². The van der Waals surface area contributed by atoms with Crippen LogP contribution < -0.4 is 27.4 Å². The van der Waals surface area contributed by atoms with Crippen molar-refractivity contribution >= 4 is 251 Å². The number of thiazole rings is 4. The molecule has 0 bridgehead atoms. The van der Waals surface area contributed by atoms with E-state index in [-0.39, 0.29) is 105 Å². The molecule has 0 aliphatic heterocycles. The number of alkyl halides is 9. The summed E-state index contributed by atoms with van der Waals surface area (Å²) in [4.78, 5) is 39.9.